The summed E-state index contributed by atoms with van der Waals surface area (Å²) < 4.78 is 5.24. The van der Waals surface area contributed by atoms with E-state index < -0.39 is 11.7 Å². The van der Waals surface area contributed by atoms with Gasteiger partial charge in [0.25, 0.3) is 0 Å². The largest absolute Gasteiger partial charge is 0.444 e. The zero-order chi connectivity index (χ0) is 16.0. The Balaban J connectivity index is 2.47. The van der Waals surface area contributed by atoms with Crippen LogP contribution in [0.2, 0.25) is 0 Å². The molecule has 0 N–H and O–H groups in total. The van der Waals surface area contributed by atoms with E-state index in [9.17, 15) is 9.59 Å². The highest BCUT2D eigenvalue weighted by Gasteiger charge is 2.20. The highest BCUT2D eigenvalue weighted by atomic mass is 16.6. The van der Waals surface area contributed by atoms with Crippen LogP contribution in [0.25, 0.3) is 0 Å². The van der Waals surface area contributed by atoms with Crippen molar-refractivity contribution >= 4 is 17.7 Å². The normalized spacial score (nSPS) is 10.9. The summed E-state index contributed by atoms with van der Waals surface area (Å²) in [5, 5.41) is 0. The summed E-state index contributed by atoms with van der Waals surface area (Å²) in [7, 11) is 3.36. The Labute approximate surface area is 126 Å². The van der Waals surface area contributed by atoms with Crippen molar-refractivity contribution < 1.29 is 14.3 Å². The molecule has 0 aliphatic heterocycles. The predicted molar refractivity (Wildman–Crippen MR) is 83.3 cm³/mol. The van der Waals surface area contributed by atoms with Gasteiger partial charge in [0.05, 0.1) is 0 Å². The smallest absolute Gasteiger partial charge is 0.410 e. The summed E-state index contributed by atoms with van der Waals surface area (Å²) in [4.78, 5) is 26.9. The van der Waals surface area contributed by atoms with E-state index in [4.69, 9.17) is 4.74 Å². The van der Waals surface area contributed by atoms with E-state index in [1.807, 2.05) is 51.1 Å². The third-order valence-electron chi connectivity index (χ3n) is 2.88. The zero-order valence-corrected chi connectivity index (χ0v) is 13.4. The Morgan fingerprint density at radius 1 is 1.10 bits per heavy atom. The van der Waals surface area contributed by atoms with E-state index in [-0.39, 0.29) is 12.3 Å². The van der Waals surface area contributed by atoms with Crippen molar-refractivity contribution in [2.75, 3.05) is 25.5 Å². The van der Waals surface area contributed by atoms with Crippen LogP contribution in [0, 0.1) is 0 Å². The van der Waals surface area contributed by atoms with Crippen LogP contribution >= 0.6 is 0 Å². The molecule has 5 heteroatoms. The lowest BCUT2D eigenvalue weighted by Gasteiger charge is -2.25. The minimum atomic E-state index is -0.532. The van der Waals surface area contributed by atoms with E-state index >= 15 is 0 Å². The molecular weight excluding hydrogens is 268 g/mol. The summed E-state index contributed by atoms with van der Waals surface area (Å²) in [6.07, 6.45) is -0.168. The number of nitrogens with zero attached hydrogens (tertiary/aromatic N) is 2. The Morgan fingerprint density at radius 2 is 1.67 bits per heavy atom. The Bertz CT molecular complexity index is 480. The van der Waals surface area contributed by atoms with Gasteiger partial charge in [-0.25, -0.2) is 4.79 Å². The molecule has 1 aromatic carbocycles. The van der Waals surface area contributed by atoms with E-state index in [1.165, 1.54) is 4.90 Å². The third-order valence-corrected chi connectivity index (χ3v) is 2.88. The number of carbonyl (C=O) groups excluding carboxylic acids is 2. The van der Waals surface area contributed by atoms with Gasteiger partial charge in [0.15, 0.2) is 0 Å². The van der Waals surface area contributed by atoms with E-state index in [0.29, 0.717) is 6.54 Å². The summed E-state index contributed by atoms with van der Waals surface area (Å²) >= 11 is 0. The number of hydrogen-bond donors (Lipinski definition) is 0. The first-order valence-electron chi connectivity index (χ1n) is 6.96. The van der Waals surface area contributed by atoms with Crippen molar-refractivity contribution in [2.24, 2.45) is 0 Å². The monoisotopic (exact) mass is 292 g/mol. The number of rotatable bonds is 4. The molecule has 0 aliphatic carbocycles. The quantitative estimate of drug-likeness (QED) is 0.857. The molecule has 5 nitrogen and oxygen atoms in total. The number of anilines is 1. The Kier molecular flexibility index (Phi) is 5.76. The van der Waals surface area contributed by atoms with E-state index in [2.05, 4.69) is 0 Å². The zero-order valence-electron chi connectivity index (χ0n) is 13.4. The highest BCUT2D eigenvalue weighted by molar-refractivity contribution is 5.93. The summed E-state index contributed by atoms with van der Waals surface area (Å²) in [5.41, 5.74) is 0.304. The van der Waals surface area contributed by atoms with Gasteiger partial charge in [-0.05, 0) is 32.9 Å². The van der Waals surface area contributed by atoms with Crippen LogP contribution in [0.4, 0.5) is 10.5 Å². The van der Waals surface area contributed by atoms with Gasteiger partial charge in [-0.1, -0.05) is 18.2 Å². The summed E-state index contributed by atoms with van der Waals surface area (Å²) in [5.74, 6) is -0.0448. The Morgan fingerprint density at radius 3 is 2.19 bits per heavy atom. The lowest BCUT2D eigenvalue weighted by Crippen LogP contribution is -2.37. The average Bonchev–Trinajstić information content (AvgIpc) is 2.42. The van der Waals surface area contributed by atoms with Crippen LogP contribution in [0.5, 0.6) is 0 Å². The lowest BCUT2D eigenvalue weighted by atomic mass is 10.2. The minimum Gasteiger partial charge on any atom is -0.444 e. The number of ether oxygens (including phenoxy) is 1. The summed E-state index contributed by atoms with van der Waals surface area (Å²) in [6, 6.07) is 9.40. The molecule has 0 saturated heterocycles. The molecule has 0 fully saturated rings. The van der Waals surface area contributed by atoms with Gasteiger partial charge in [-0.2, -0.15) is 0 Å². The van der Waals surface area contributed by atoms with Crippen LogP contribution < -0.4 is 4.90 Å². The molecule has 0 unspecified atom stereocenters. The maximum absolute atomic E-state index is 12.1. The average molecular weight is 292 g/mol. The fraction of sp³-hybridized carbons (Fsp3) is 0.500. The lowest BCUT2D eigenvalue weighted by molar-refractivity contribution is -0.118. The van der Waals surface area contributed by atoms with Crippen molar-refractivity contribution in [3.8, 4) is 0 Å². The van der Waals surface area contributed by atoms with E-state index in [0.717, 1.165) is 5.69 Å². The van der Waals surface area contributed by atoms with Crippen molar-refractivity contribution in [1.29, 1.82) is 0 Å². The molecule has 0 radical (unpaired) electrons. The standard InChI is InChI=1S/C16H24N2O3/c1-16(2,3)21-15(20)17(4)12-11-14(19)18(5)13-9-7-6-8-10-13/h6-10H,11-12H2,1-5H3. The maximum Gasteiger partial charge on any atom is 0.410 e. The third kappa shape index (κ3) is 5.85. The van der Waals surface area contributed by atoms with Crippen LogP contribution in [0.15, 0.2) is 30.3 Å². The second-order valence-electron chi connectivity index (χ2n) is 5.94. The number of carbonyl (C=O) groups is 2. The number of amides is 2. The fourth-order valence-electron chi connectivity index (χ4n) is 1.66. The second-order valence-corrected chi connectivity index (χ2v) is 5.94. The molecule has 21 heavy (non-hydrogen) atoms. The van der Waals surface area contributed by atoms with Crippen molar-refractivity contribution in [3.05, 3.63) is 30.3 Å². The van der Waals surface area contributed by atoms with Gasteiger partial charge in [0.2, 0.25) is 5.91 Å². The molecule has 2 amide bonds. The second kappa shape index (κ2) is 7.11. The van der Waals surface area contributed by atoms with Crippen LogP contribution in [0.1, 0.15) is 27.2 Å². The van der Waals surface area contributed by atoms with Crippen molar-refractivity contribution in [1.82, 2.24) is 4.90 Å². The van der Waals surface area contributed by atoms with Crippen LogP contribution in [-0.2, 0) is 9.53 Å². The first-order valence-corrected chi connectivity index (χ1v) is 6.96. The fourth-order valence-corrected chi connectivity index (χ4v) is 1.66. The highest BCUT2D eigenvalue weighted by Crippen LogP contribution is 2.13. The van der Waals surface area contributed by atoms with Gasteiger partial charge in [-0.3, -0.25) is 4.79 Å². The molecule has 0 aromatic heterocycles. The molecule has 0 aliphatic rings. The molecule has 116 valence electrons. The molecular formula is C16H24N2O3. The molecule has 0 heterocycles. The van der Waals surface area contributed by atoms with Crippen LogP contribution in [0.3, 0.4) is 0 Å². The molecule has 0 bridgehead atoms. The molecule has 1 aromatic rings. The number of para-hydroxylation sites is 1. The minimum absolute atomic E-state index is 0.0448. The molecule has 1 rings (SSSR count). The SMILES string of the molecule is CN(CCC(=O)N(C)c1ccccc1)C(=O)OC(C)(C)C. The van der Waals surface area contributed by atoms with Crippen molar-refractivity contribution in [3.63, 3.8) is 0 Å². The first kappa shape index (κ1) is 17.0. The van der Waals surface area contributed by atoms with Gasteiger partial charge in [0, 0.05) is 32.7 Å². The number of hydrogen-bond acceptors (Lipinski definition) is 3. The predicted octanol–water partition coefficient (Wildman–Crippen LogP) is 2.91. The van der Waals surface area contributed by atoms with Crippen LogP contribution in [-0.4, -0.2) is 43.1 Å². The van der Waals surface area contributed by atoms with Crippen molar-refractivity contribution in [2.45, 2.75) is 32.8 Å². The molecule has 0 spiro atoms. The maximum atomic E-state index is 12.1. The Hall–Kier alpha value is -2.04. The van der Waals surface area contributed by atoms with Gasteiger partial charge >= 0.3 is 6.09 Å². The first-order chi connectivity index (χ1) is 9.70. The summed E-state index contributed by atoms with van der Waals surface area (Å²) in [6.45, 7) is 5.76. The van der Waals surface area contributed by atoms with Gasteiger partial charge < -0.3 is 14.5 Å². The number of benzene rings is 1. The molecule has 0 saturated carbocycles. The van der Waals surface area contributed by atoms with Gasteiger partial charge in [0.1, 0.15) is 5.60 Å². The molecule has 0 atom stereocenters. The van der Waals surface area contributed by atoms with E-state index in [1.54, 1.807) is 19.0 Å². The van der Waals surface area contributed by atoms with Gasteiger partial charge in [-0.15, -0.1) is 0 Å². The topological polar surface area (TPSA) is 49.9 Å².